The second-order valence-corrected chi connectivity index (χ2v) is 3.23. The van der Waals surface area contributed by atoms with E-state index in [1.165, 1.54) is 0 Å². The highest BCUT2D eigenvalue weighted by molar-refractivity contribution is 5.54. The average molecular weight is 203 g/mol. The summed E-state index contributed by atoms with van der Waals surface area (Å²) in [5, 5.41) is 0. The van der Waals surface area contributed by atoms with Gasteiger partial charge in [-0.15, -0.1) is 0 Å². The van der Waals surface area contributed by atoms with Gasteiger partial charge >= 0.3 is 0 Å². The number of nitrogens with zero attached hydrogens (tertiary/aromatic N) is 1. The van der Waals surface area contributed by atoms with Gasteiger partial charge in [0.05, 0.1) is 12.8 Å². The van der Waals surface area contributed by atoms with E-state index in [-0.39, 0.29) is 0 Å². The van der Waals surface area contributed by atoms with Crippen LogP contribution in [0.4, 0.5) is 0 Å². The third-order valence-electron chi connectivity index (χ3n) is 2.03. The molecule has 1 aromatic carbocycles. The van der Waals surface area contributed by atoms with Gasteiger partial charge < -0.3 is 9.15 Å². The van der Waals surface area contributed by atoms with Crippen molar-refractivity contribution in [3.05, 3.63) is 36.2 Å². The van der Waals surface area contributed by atoms with Crippen LogP contribution in [0.5, 0.6) is 5.75 Å². The lowest BCUT2D eigenvalue weighted by Crippen LogP contribution is -1.90. The number of aryl methyl sites for hydroxylation is 1. The molecule has 0 saturated heterocycles. The van der Waals surface area contributed by atoms with E-state index in [1.54, 1.807) is 6.20 Å². The van der Waals surface area contributed by atoms with Crippen LogP contribution >= 0.6 is 0 Å². The maximum Gasteiger partial charge on any atom is 0.226 e. The van der Waals surface area contributed by atoms with Crippen molar-refractivity contribution in [1.82, 2.24) is 4.98 Å². The highest BCUT2D eigenvalue weighted by Crippen LogP contribution is 2.21. The molecule has 0 spiro atoms. The Bertz CT molecular complexity index is 431. The molecule has 0 amide bonds. The molecule has 0 N–H and O–H groups in total. The Kier molecular flexibility index (Phi) is 2.72. The fraction of sp³-hybridized carbons (Fsp3) is 0.250. The first-order valence-corrected chi connectivity index (χ1v) is 4.95. The predicted molar refractivity (Wildman–Crippen MR) is 57.8 cm³/mol. The van der Waals surface area contributed by atoms with E-state index in [9.17, 15) is 0 Å². The minimum Gasteiger partial charge on any atom is -0.494 e. The molecule has 0 bridgehead atoms. The van der Waals surface area contributed by atoms with Gasteiger partial charge in [-0.2, -0.15) is 0 Å². The number of oxazole rings is 1. The lowest BCUT2D eigenvalue weighted by atomic mass is 10.2. The van der Waals surface area contributed by atoms with Crippen LogP contribution in [0.2, 0.25) is 0 Å². The van der Waals surface area contributed by atoms with Gasteiger partial charge in [0.25, 0.3) is 0 Å². The molecule has 0 radical (unpaired) electrons. The second kappa shape index (κ2) is 4.17. The quantitative estimate of drug-likeness (QED) is 0.769. The summed E-state index contributed by atoms with van der Waals surface area (Å²) in [7, 11) is 0. The Balaban J connectivity index is 2.23. The SMILES string of the molecule is CCOc1ccc(-c2ncc(C)o2)cc1. The third kappa shape index (κ3) is 2.18. The Labute approximate surface area is 88.7 Å². The zero-order valence-corrected chi connectivity index (χ0v) is 8.86. The first-order chi connectivity index (χ1) is 7.29. The maximum atomic E-state index is 5.42. The third-order valence-corrected chi connectivity index (χ3v) is 2.03. The van der Waals surface area contributed by atoms with E-state index >= 15 is 0 Å². The molecule has 3 nitrogen and oxygen atoms in total. The molecule has 1 heterocycles. The van der Waals surface area contributed by atoms with Crippen molar-refractivity contribution in [2.45, 2.75) is 13.8 Å². The zero-order chi connectivity index (χ0) is 10.7. The van der Waals surface area contributed by atoms with Crippen LogP contribution < -0.4 is 4.74 Å². The van der Waals surface area contributed by atoms with E-state index in [4.69, 9.17) is 9.15 Å². The van der Waals surface area contributed by atoms with Crippen LogP contribution in [-0.2, 0) is 0 Å². The summed E-state index contributed by atoms with van der Waals surface area (Å²) in [6, 6.07) is 7.71. The molecule has 0 aliphatic carbocycles. The molecule has 0 unspecified atom stereocenters. The van der Waals surface area contributed by atoms with Crippen molar-refractivity contribution in [3.8, 4) is 17.2 Å². The van der Waals surface area contributed by atoms with Gasteiger partial charge in [0.15, 0.2) is 0 Å². The fourth-order valence-corrected chi connectivity index (χ4v) is 1.35. The highest BCUT2D eigenvalue weighted by Gasteiger charge is 2.03. The topological polar surface area (TPSA) is 35.3 Å². The molecule has 0 atom stereocenters. The maximum absolute atomic E-state index is 5.42. The number of hydrogen-bond donors (Lipinski definition) is 0. The van der Waals surface area contributed by atoms with Gasteiger partial charge in [-0.25, -0.2) is 4.98 Å². The van der Waals surface area contributed by atoms with E-state index in [0.717, 1.165) is 17.1 Å². The fourth-order valence-electron chi connectivity index (χ4n) is 1.35. The Hall–Kier alpha value is -1.77. The minimum atomic E-state index is 0.649. The van der Waals surface area contributed by atoms with Crippen molar-refractivity contribution in [1.29, 1.82) is 0 Å². The smallest absolute Gasteiger partial charge is 0.226 e. The van der Waals surface area contributed by atoms with E-state index in [2.05, 4.69) is 4.98 Å². The molecular formula is C12H13NO2. The lowest BCUT2D eigenvalue weighted by Gasteiger charge is -2.02. The van der Waals surface area contributed by atoms with Crippen molar-refractivity contribution < 1.29 is 9.15 Å². The summed E-state index contributed by atoms with van der Waals surface area (Å²) in [5.74, 6) is 2.33. The minimum absolute atomic E-state index is 0.649. The highest BCUT2D eigenvalue weighted by atomic mass is 16.5. The van der Waals surface area contributed by atoms with Crippen LogP contribution in [0.3, 0.4) is 0 Å². The van der Waals surface area contributed by atoms with Gasteiger partial charge in [-0.1, -0.05) is 0 Å². The summed E-state index contributed by atoms with van der Waals surface area (Å²) in [6.07, 6.45) is 1.71. The number of benzene rings is 1. The number of aromatic nitrogens is 1. The molecule has 2 rings (SSSR count). The molecule has 0 aliphatic rings. The monoisotopic (exact) mass is 203 g/mol. The van der Waals surface area contributed by atoms with Crippen molar-refractivity contribution in [2.24, 2.45) is 0 Å². The number of hydrogen-bond acceptors (Lipinski definition) is 3. The zero-order valence-electron chi connectivity index (χ0n) is 8.86. The van der Waals surface area contributed by atoms with Crippen LogP contribution in [-0.4, -0.2) is 11.6 Å². The number of rotatable bonds is 3. The molecule has 3 heteroatoms. The Morgan fingerprint density at radius 3 is 2.53 bits per heavy atom. The molecule has 1 aromatic heterocycles. The Morgan fingerprint density at radius 1 is 1.27 bits per heavy atom. The first-order valence-electron chi connectivity index (χ1n) is 4.95. The molecule has 15 heavy (non-hydrogen) atoms. The summed E-state index contributed by atoms with van der Waals surface area (Å²) >= 11 is 0. The molecule has 78 valence electrons. The summed E-state index contributed by atoms with van der Waals surface area (Å²) in [6.45, 7) is 4.52. The van der Waals surface area contributed by atoms with Gasteiger partial charge in [0, 0.05) is 5.56 Å². The predicted octanol–water partition coefficient (Wildman–Crippen LogP) is 3.05. The molecule has 0 fully saturated rings. The standard InChI is InChI=1S/C12H13NO2/c1-3-14-11-6-4-10(5-7-11)12-13-8-9(2)15-12/h4-8H,3H2,1-2H3. The van der Waals surface area contributed by atoms with E-state index in [0.29, 0.717) is 12.5 Å². The largest absolute Gasteiger partial charge is 0.494 e. The summed E-state index contributed by atoms with van der Waals surface area (Å²) in [4.78, 5) is 4.15. The van der Waals surface area contributed by atoms with Gasteiger partial charge in [-0.05, 0) is 38.1 Å². The van der Waals surface area contributed by atoms with Crippen LogP contribution in [0.15, 0.2) is 34.9 Å². The van der Waals surface area contributed by atoms with E-state index < -0.39 is 0 Å². The normalized spacial score (nSPS) is 10.3. The molecule has 0 saturated carbocycles. The summed E-state index contributed by atoms with van der Waals surface area (Å²) < 4.78 is 10.8. The van der Waals surface area contributed by atoms with Gasteiger partial charge in [0.1, 0.15) is 11.5 Å². The first kappa shape index (κ1) is 9.77. The molecule has 0 aliphatic heterocycles. The van der Waals surface area contributed by atoms with Crippen LogP contribution in [0.25, 0.3) is 11.5 Å². The van der Waals surface area contributed by atoms with Gasteiger partial charge in [0.2, 0.25) is 5.89 Å². The van der Waals surface area contributed by atoms with Crippen molar-refractivity contribution >= 4 is 0 Å². The molecule has 2 aromatic rings. The molecular weight excluding hydrogens is 190 g/mol. The van der Waals surface area contributed by atoms with Gasteiger partial charge in [-0.3, -0.25) is 0 Å². The van der Waals surface area contributed by atoms with Crippen LogP contribution in [0.1, 0.15) is 12.7 Å². The summed E-state index contributed by atoms with van der Waals surface area (Å²) in [5.41, 5.74) is 0.964. The van der Waals surface area contributed by atoms with Crippen LogP contribution in [0, 0.1) is 6.92 Å². The van der Waals surface area contributed by atoms with Crippen molar-refractivity contribution in [3.63, 3.8) is 0 Å². The Morgan fingerprint density at radius 2 is 2.00 bits per heavy atom. The van der Waals surface area contributed by atoms with Crippen molar-refractivity contribution in [2.75, 3.05) is 6.61 Å². The van der Waals surface area contributed by atoms with E-state index in [1.807, 2.05) is 38.1 Å². The number of ether oxygens (including phenoxy) is 1. The second-order valence-electron chi connectivity index (χ2n) is 3.23. The average Bonchev–Trinajstić information content (AvgIpc) is 2.67. The lowest BCUT2D eigenvalue weighted by molar-refractivity contribution is 0.340.